The van der Waals surface area contributed by atoms with E-state index in [4.69, 9.17) is 11.6 Å². The van der Waals surface area contributed by atoms with Gasteiger partial charge in [0.05, 0.1) is 6.04 Å². The fraction of sp³-hybridized carbons (Fsp3) is 0.500. The Hall–Kier alpha value is -0.860. The second-order valence-corrected chi connectivity index (χ2v) is 5.72. The van der Waals surface area contributed by atoms with Crippen LogP contribution in [-0.2, 0) is 11.2 Å². The van der Waals surface area contributed by atoms with Crippen molar-refractivity contribution in [2.24, 2.45) is 5.41 Å². The number of likely N-dealkylation sites (N-methyl/N-ethyl adjacent to an activating group) is 1. The van der Waals surface area contributed by atoms with Gasteiger partial charge < -0.3 is 5.32 Å². The Bertz CT molecular complexity index is 378. The smallest absolute Gasteiger partial charge is 0.155 e. The zero-order chi connectivity index (χ0) is 13.1. The summed E-state index contributed by atoms with van der Waals surface area (Å²) < 4.78 is 0. The maximum Gasteiger partial charge on any atom is 0.155 e. The van der Waals surface area contributed by atoms with Crippen LogP contribution >= 0.6 is 11.6 Å². The molecule has 1 rings (SSSR count). The van der Waals surface area contributed by atoms with Crippen LogP contribution in [0.1, 0.15) is 26.3 Å². The van der Waals surface area contributed by atoms with Gasteiger partial charge >= 0.3 is 0 Å². The van der Waals surface area contributed by atoms with Crippen molar-refractivity contribution < 1.29 is 4.79 Å². The number of ketones is 1. The Balaban J connectivity index is 2.77. The number of carbonyl (C=O) groups excluding carboxylic acids is 1. The van der Waals surface area contributed by atoms with Crippen LogP contribution in [0.4, 0.5) is 0 Å². The van der Waals surface area contributed by atoms with Gasteiger partial charge in [-0.2, -0.15) is 0 Å². The molecule has 0 spiro atoms. The summed E-state index contributed by atoms with van der Waals surface area (Å²) in [5, 5.41) is 3.81. The summed E-state index contributed by atoms with van der Waals surface area (Å²) >= 11 is 5.83. The summed E-state index contributed by atoms with van der Waals surface area (Å²) in [6, 6.07) is 7.48. The lowest BCUT2D eigenvalue weighted by atomic mass is 9.84. The van der Waals surface area contributed by atoms with Crippen LogP contribution in [0.15, 0.2) is 24.3 Å². The highest BCUT2D eigenvalue weighted by Crippen LogP contribution is 2.19. The average molecular weight is 254 g/mol. The van der Waals surface area contributed by atoms with E-state index < -0.39 is 0 Å². The number of hydrogen-bond donors (Lipinski definition) is 1. The molecule has 3 heteroatoms. The third kappa shape index (κ3) is 4.14. The first-order chi connectivity index (χ1) is 7.84. The van der Waals surface area contributed by atoms with Crippen LogP contribution < -0.4 is 5.32 Å². The van der Waals surface area contributed by atoms with Crippen molar-refractivity contribution in [1.29, 1.82) is 0 Å². The van der Waals surface area contributed by atoms with Crippen LogP contribution in [0.5, 0.6) is 0 Å². The summed E-state index contributed by atoms with van der Waals surface area (Å²) in [4.78, 5) is 12.2. The van der Waals surface area contributed by atoms with E-state index in [2.05, 4.69) is 5.32 Å². The fourth-order valence-corrected chi connectivity index (χ4v) is 1.83. The number of benzene rings is 1. The quantitative estimate of drug-likeness (QED) is 0.894. The van der Waals surface area contributed by atoms with Gasteiger partial charge in [0.25, 0.3) is 0 Å². The predicted octanol–water partition coefficient (Wildman–Crippen LogP) is 3.09. The Morgan fingerprint density at radius 3 is 2.24 bits per heavy atom. The molecule has 0 bridgehead atoms. The topological polar surface area (TPSA) is 29.1 Å². The summed E-state index contributed by atoms with van der Waals surface area (Å²) in [6.45, 7) is 5.84. The second kappa shape index (κ2) is 5.65. The van der Waals surface area contributed by atoms with Gasteiger partial charge in [-0.15, -0.1) is 0 Å². The monoisotopic (exact) mass is 253 g/mol. The van der Waals surface area contributed by atoms with E-state index in [-0.39, 0.29) is 17.2 Å². The van der Waals surface area contributed by atoms with Gasteiger partial charge in [0.2, 0.25) is 0 Å². The molecular weight excluding hydrogens is 234 g/mol. The molecule has 1 unspecified atom stereocenters. The van der Waals surface area contributed by atoms with Crippen molar-refractivity contribution in [3.63, 3.8) is 0 Å². The molecule has 0 saturated carbocycles. The first-order valence-electron chi connectivity index (χ1n) is 5.80. The number of halogens is 1. The van der Waals surface area contributed by atoms with E-state index in [1.807, 2.05) is 52.1 Å². The van der Waals surface area contributed by atoms with Crippen LogP contribution in [0, 0.1) is 5.41 Å². The maximum atomic E-state index is 12.2. The zero-order valence-corrected chi connectivity index (χ0v) is 11.6. The van der Waals surface area contributed by atoms with E-state index in [0.717, 1.165) is 10.6 Å². The van der Waals surface area contributed by atoms with Gasteiger partial charge in [-0.3, -0.25) is 4.79 Å². The highest BCUT2D eigenvalue weighted by molar-refractivity contribution is 6.30. The predicted molar refractivity (Wildman–Crippen MR) is 72.5 cm³/mol. The van der Waals surface area contributed by atoms with Crippen molar-refractivity contribution in [2.75, 3.05) is 7.05 Å². The standard InChI is InChI=1S/C14H20ClNO/c1-14(2,3)13(17)12(16-4)9-10-5-7-11(15)8-6-10/h5-8,12,16H,9H2,1-4H3. The number of rotatable bonds is 4. The zero-order valence-electron chi connectivity index (χ0n) is 10.9. The summed E-state index contributed by atoms with van der Waals surface area (Å²) in [5.74, 6) is 0.231. The number of hydrogen-bond acceptors (Lipinski definition) is 2. The minimum Gasteiger partial charge on any atom is -0.310 e. The van der Waals surface area contributed by atoms with Crippen LogP contribution in [0.2, 0.25) is 5.02 Å². The van der Waals surface area contributed by atoms with E-state index >= 15 is 0 Å². The molecule has 1 aromatic carbocycles. The molecule has 1 N–H and O–H groups in total. The van der Waals surface area contributed by atoms with Gasteiger partial charge in [0, 0.05) is 10.4 Å². The Kier molecular flexibility index (Phi) is 4.72. The Morgan fingerprint density at radius 2 is 1.82 bits per heavy atom. The molecule has 0 amide bonds. The highest BCUT2D eigenvalue weighted by Gasteiger charge is 2.28. The molecule has 0 fully saturated rings. The normalized spacial score (nSPS) is 13.5. The molecule has 0 radical (unpaired) electrons. The highest BCUT2D eigenvalue weighted by atomic mass is 35.5. The lowest BCUT2D eigenvalue weighted by Crippen LogP contribution is -2.42. The molecule has 1 aromatic rings. The third-order valence-corrected chi connectivity index (χ3v) is 3.01. The maximum absolute atomic E-state index is 12.2. The Morgan fingerprint density at radius 1 is 1.29 bits per heavy atom. The van der Waals surface area contributed by atoms with Crippen molar-refractivity contribution in [3.05, 3.63) is 34.9 Å². The van der Waals surface area contributed by atoms with Gasteiger partial charge in [-0.05, 0) is 31.2 Å². The molecule has 0 aliphatic heterocycles. The molecule has 0 aliphatic carbocycles. The van der Waals surface area contributed by atoms with Gasteiger partial charge in [-0.1, -0.05) is 44.5 Å². The van der Waals surface area contributed by atoms with Crippen molar-refractivity contribution in [1.82, 2.24) is 5.32 Å². The number of nitrogens with one attached hydrogen (secondary N) is 1. The van der Waals surface area contributed by atoms with E-state index in [9.17, 15) is 4.79 Å². The molecule has 17 heavy (non-hydrogen) atoms. The SMILES string of the molecule is CNC(Cc1ccc(Cl)cc1)C(=O)C(C)(C)C. The van der Waals surface area contributed by atoms with E-state index in [1.54, 1.807) is 0 Å². The Labute approximate surface area is 108 Å². The fourth-order valence-electron chi connectivity index (χ4n) is 1.70. The second-order valence-electron chi connectivity index (χ2n) is 5.29. The molecule has 0 aromatic heterocycles. The summed E-state index contributed by atoms with van der Waals surface area (Å²) in [5.41, 5.74) is 0.798. The van der Waals surface area contributed by atoms with Gasteiger partial charge in [0.1, 0.15) is 0 Å². The van der Waals surface area contributed by atoms with E-state index in [1.165, 1.54) is 0 Å². The number of carbonyl (C=O) groups is 1. The first kappa shape index (κ1) is 14.2. The van der Waals surface area contributed by atoms with Gasteiger partial charge in [-0.25, -0.2) is 0 Å². The molecule has 1 atom stereocenters. The molecule has 2 nitrogen and oxygen atoms in total. The first-order valence-corrected chi connectivity index (χ1v) is 6.18. The van der Waals surface area contributed by atoms with Crippen LogP contribution in [0.25, 0.3) is 0 Å². The lowest BCUT2D eigenvalue weighted by Gasteiger charge is -2.24. The molecular formula is C14H20ClNO. The van der Waals surface area contributed by atoms with E-state index in [0.29, 0.717) is 6.42 Å². The average Bonchev–Trinajstić information content (AvgIpc) is 2.26. The molecule has 0 heterocycles. The largest absolute Gasteiger partial charge is 0.310 e. The van der Waals surface area contributed by atoms with Crippen molar-refractivity contribution >= 4 is 17.4 Å². The van der Waals surface area contributed by atoms with Crippen molar-refractivity contribution in [2.45, 2.75) is 33.2 Å². The van der Waals surface area contributed by atoms with Crippen LogP contribution in [0.3, 0.4) is 0 Å². The molecule has 0 aliphatic rings. The minimum atomic E-state index is -0.319. The lowest BCUT2D eigenvalue weighted by molar-refractivity contribution is -0.128. The molecule has 94 valence electrons. The van der Waals surface area contributed by atoms with Crippen molar-refractivity contribution in [3.8, 4) is 0 Å². The molecule has 0 saturated heterocycles. The minimum absolute atomic E-state index is 0.142. The summed E-state index contributed by atoms with van der Waals surface area (Å²) in [7, 11) is 1.82. The number of Topliss-reactive ketones (excluding diaryl/α,β-unsaturated/α-hetero) is 1. The summed E-state index contributed by atoms with van der Waals surface area (Å²) in [6.07, 6.45) is 0.698. The third-order valence-electron chi connectivity index (χ3n) is 2.76. The van der Waals surface area contributed by atoms with Crippen LogP contribution in [-0.4, -0.2) is 18.9 Å². The van der Waals surface area contributed by atoms with Gasteiger partial charge in [0.15, 0.2) is 5.78 Å².